The zero-order valence-corrected chi connectivity index (χ0v) is 18.1. The third-order valence-electron chi connectivity index (χ3n) is 4.50. The van der Waals surface area contributed by atoms with E-state index in [1.807, 2.05) is 19.1 Å². The number of carbonyl (C=O) groups excluding carboxylic acids is 2. The van der Waals surface area contributed by atoms with Gasteiger partial charge >= 0.3 is 0 Å². The van der Waals surface area contributed by atoms with Crippen molar-refractivity contribution in [2.24, 2.45) is 5.14 Å². The molecule has 0 saturated heterocycles. The number of benzene rings is 2. The number of sulfonamides is 1. The smallest absolute Gasteiger partial charge is 0.259 e. The molecular formula is C21H27N3O5S. The highest BCUT2D eigenvalue weighted by Gasteiger charge is 2.18. The molecule has 0 heterocycles. The molecule has 8 nitrogen and oxygen atoms in total. The molecular weight excluding hydrogens is 406 g/mol. The first kappa shape index (κ1) is 23.4. The number of primary sulfonamides is 1. The first-order chi connectivity index (χ1) is 14.1. The van der Waals surface area contributed by atoms with Crippen molar-refractivity contribution >= 4 is 21.8 Å². The molecule has 0 spiro atoms. The van der Waals surface area contributed by atoms with Crippen molar-refractivity contribution in [3.8, 4) is 5.75 Å². The molecule has 2 aromatic carbocycles. The Labute approximate surface area is 177 Å². The van der Waals surface area contributed by atoms with Crippen molar-refractivity contribution in [1.82, 2.24) is 10.2 Å². The van der Waals surface area contributed by atoms with E-state index in [1.165, 1.54) is 17.0 Å². The van der Waals surface area contributed by atoms with Gasteiger partial charge in [-0.25, -0.2) is 13.6 Å². The maximum Gasteiger partial charge on any atom is 0.259 e. The van der Waals surface area contributed by atoms with Crippen LogP contribution < -0.4 is 15.2 Å². The van der Waals surface area contributed by atoms with Gasteiger partial charge in [-0.3, -0.25) is 9.59 Å². The second kappa shape index (κ2) is 10.2. The van der Waals surface area contributed by atoms with Crippen molar-refractivity contribution in [3.63, 3.8) is 0 Å². The van der Waals surface area contributed by atoms with Gasteiger partial charge in [0.15, 0.2) is 6.61 Å². The minimum absolute atomic E-state index is 0.00330. The van der Waals surface area contributed by atoms with Crippen LogP contribution in [0.25, 0.3) is 0 Å². The highest BCUT2D eigenvalue weighted by atomic mass is 32.2. The number of hydrogen-bond acceptors (Lipinski definition) is 5. The second-order valence-electron chi connectivity index (χ2n) is 7.01. The number of rotatable bonds is 9. The Kier molecular flexibility index (Phi) is 7.96. The summed E-state index contributed by atoms with van der Waals surface area (Å²) in [6, 6.07) is 12.8. The zero-order chi connectivity index (χ0) is 22.3. The van der Waals surface area contributed by atoms with Crippen LogP contribution in [0.2, 0.25) is 0 Å². The summed E-state index contributed by atoms with van der Waals surface area (Å²) in [4.78, 5) is 25.8. The van der Waals surface area contributed by atoms with Gasteiger partial charge < -0.3 is 15.0 Å². The molecule has 1 atom stereocenters. The summed E-state index contributed by atoms with van der Waals surface area (Å²) in [5.41, 5.74) is 1.44. The third kappa shape index (κ3) is 6.57. The Bertz CT molecular complexity index is 988. The van der Waals surface area contributed by atoms with Gasteiger partial charge in [0.05, 0.1) is 17.4 Å². The summed E-state index contributed by atoms with van der Waals surface area (Å²) in [6.07, 6.45) is 0.710. The average Bonchev–Trinajstić information content (AvgIpc) is 2.70. The van der Waals surface area contributed by atoms with Crippen LogP contribution >= 0.6 is 0 Å². The monoisotopic (exact) mass is 433 g/mol. The fourth-order valence-electron chi connectivity index (χ4n) is 2.80. The molecule has 0 aliphatic carbocycles. The van der Waals surface area contributed by atoms with Gasteiger partial charge in [-0.1, -0.05) is 37.3 Å². The quantitative estimate of drug-likeness (QED) is 0.623. The van der Waals surface area contributed by atoms with Crippen LogP contribution in [0, 0.1) is 0 Å². The van der Waals surface area contributed by atoms with Crippen LogP contribution in [0.5, 0.6) is 5.75 Å². The summed E-state index contributed by atoms with van der Waals surface area (Å²) >= 11 is 0. The second-order valence-corrected chi connectivity index (χ2v) is 8.57. The molecule has 0 fully saturated rings. The topological polar surface area (TPSA) is 119 Å². The van der Waals surface area contributed by atoms with E-state index in [0.717, 1.165) is 5.56 Å². The number of nitrogens with one attached hydrogen (secondary N) is 1. The average molecular weight is 434 g/mol. The van der Waals surface area contributed by atoms with Crippen LogP contribution in [0.3, 0.4) is 0 Å². The van der Waals surface area contributed by atoms with Crippen LogP contribution in [0.4, 0.5) is 0 Å². The number of amides is 2. The maximum absolute atomic E-state index is 12.5. The fraction of sp³-hybridized carbons (Fsp3) is 0.333. The summed E-state index contributed by atoms with van der Waals surface area (Å²) in [5.74, 6) is 0.159. The van der Waals surface area contributed by atoms with Gasteiger partial charge in [-0.2, -0.15) is 0 Å². The minimum Gasteiger partial charge on any atom is -0.483 e. The molecule has 30 heavy (non-hydrogen) atoms. The van der Waals surface area contributed by atoms with Crippen LogP contribution in [-0.4, -0.2) is 45.8 Å². The van der Waals surface area contributed by atoms with E-state index in [-0.39, 0.29) is 35.8 Å². The molecule has 2 aromatic rings. The first-order valence-corrected chi connectivity index (χ1v) is 11.0. The fourth-order valence-corrected chi connectivity index (χ4v) is 3.31. The number of hydrogen-bond donors (Lipinski definition) is 2. The molecule has 0 aliphatic heterocycles. The molecule has 0 radical (unpaired) electrons. The number of carbonyl (C=O) groups is 2. The van der Waals surface area contributed by atoms with Crippen molar-refractivity contribution in [2.75, 3.05) is 20.7 Å². The Morgan fingerprint density at radius 2 is 1.73 bits per heavy atom. The van der Waals surface area contributed by atoms with Gasteiger partial charge in [-0.15, -0.1) is 0 Å². The zero-order valence-electron chi connectivity index (χ0n) is 17.3. The summed E-state index contributed by atoms with van der Waals surface area (Å²) in [7, 11) is -0.461. The molecule has 162 valence electrons. The van der Waals surface area contributed by atoms with Gasteiger partial charge in [0.2, 0.25) is 15.9 Å². The number of nitrogens with two attached hydrogens (primary N) is 1. The van der Waals surface area contributed by atoms with Gasteiger partial charge in [-0.05, 0) is 30.2 Å². The largest absolute Gasteiger partial charge is 0.483 e. The lowest BCUT2D eigenvalue weighted by atomic mass is 10.0. The molecule has 0 aliphatic rings. The van der Waals surface area contributed by atoms with Gasteiger partial charge in [0, 0.05) is 19.7 Å². The van der Waals surface area contributed by atoms with E-state index < -0.39 is 10.0 Å². The summed E-state index contributed by atoms with van der Waals surface area (Å²) in [5, 5.41) is 8.06. The molecule has 1 unspecified atom stereocenters. The van der Waals surface area contributed by atoms with Crippen molar-refractivity contribution in [1.29, 1.82) is 0 Å². The molecule has 9 heteroatoms. The normalized spacial score (nSPS) is 12.1. The van der Waals surface area contributed by atoms with Crippen molar-refractivity contribution in [3.05, 3.63) is 59.7 Å². The molecule has 3 N–H and O–H groups in total. The molecule has 0 bridgehead atoms. The number of para-hydroxylation sites is 1. The number of ether oxygens (including phenoxy) is 1. The number of likely N-dealkylation sites (N-methyl/N-ethyl adjacent to an activating group) is 1. The predicted octanol–water partition coefficient (Wildman–Crippen LogP) is 1.61. The van der Waals surface area contributed by atoms with Crippen LogP contribution in [0.15, 0.2) is 53.4 Å². The summed E-state index contributed by atoms with van der Waals surface area (Å²) in [6.45, 7) is 1.85. The van der Waals surface area contributed by atoms with Crippen LogP contribution in [-0.2, 0) is 26.0 Å². The molecule has 0 saturated carbocycles. The predicted molar refractivity (Wildman–Crippen MR) is 113 cm³/mol. The van der Waals surface area contributed by atoms with E-state index in [9.17, 15) is 18.0 Å². The highest BCUT2D eigenvalue weighted by Crippen LogP contribution is 2.27. The Morgan fingerprint density at radius 3 is 2.30 bits per heavy atom. The van der Waals surface area contributed by atoms with Gasteiger partial charge in [0.25, 0.3) is 5.91 Å². The van der Waals surface area contributed by atoms with Crippen molar-refractivity contribution < 1.29 is 22.7 Å². The minimum atomic E-state index is -3.77. The standard InChI is InChI=1S/C21H27N3O5S/c1-4-18(17-7-5-6-8-19(17)29-14-21(26)24(2)3)23-20(25)13-15-9-11-16(12-10-15)30(22,27)28/h5-12,18H,4,13-14H2,1-3H3,(H,23,25)(H2,22,27,28). The highest BCUT2D eigenvalue weighted by molar-refractivity contribution is 7.89. The third-order valence-corrected chi connectivity index (χ3v) is 5.43. The van der Waals surface area contributed by atoms with E-state index >= 15 is 0 Å². The molecule has 0 aromatic heterocycles. The lowest BCUT2D eigenvalue weighted by Gasteiger charge is -2.21. The van der Waals surface area contributed by atoms with E-state index in [0.29, 0.717) is 17.7 Å². The van der Waals surface area contributed by atoms with E-state index in [2.05, 4.69) is 5.32 Å². The SMILES string of the molecule is CCC(NC(=O)Cc1ccc(S(N)(=O)=O)cc1)c1ccccc1OCC(=O)N(C)C. The Hall–Kier alpha value is -2.91. The lowest BCUT2D eigenvalue weighted by molar-refractivity contribution is -0.130. The van der Waals surface area contributed by atoms with Crippen molar-refractivity contribution in [2.45, 2.75) is 30.7 Å². The lowest BCUT2D eigenvalue weighted by Crippen LogP contribution is -2.30. The van der Waals surface area contributed by atoms with E-state index in [4.69, 9.17) is 9.88 Å². The Balaban J connectivity index is 2.08. The molecule has 2 amide bonds. The summed E-state index contributed by atoms with van der Waals surface area (Å²) < 4.78 is 28.3. The number of nitrogens with zero attached hydrogens (tertiary/aromatic N) is 1. The first-order valence-electron chi connectivity index (χ1n) is 9.44. The van der Waals surface area contributed by atoms with Gasteiger partial charge in [0.1, 0.15) is 5.75 Å². The maximum atomic E-state index is 12.5. The molecule has 2 rings (SSSR count). The van der Waals surface area contributed by atoms with Crippen LogP contribution in [0.1, 0.15) is 30.5 Å². The Morgan fingerprint density at radius 1 is 1.10 bits per heavy atom. The van der Waals surface area contributed by atoms with E-state index in [1.54, 1.807) is 38.4 Å².